The van der Waals surface area contributed by atoms with Crippen LogP contribution in [-0.4, -0.2) is 57.8 Å². The SMILES string of the molecule is CN(Cc1nccc(N)n1)C1CCN(C(=O)C2CC(=O)Nc3cc(F)ccc32)C1. The summed E-state index contributed by atoms with van der Waals surface area (Å²) in [7, 11) is 1.97. The number of hydrogen-bond donors (Lipinski definition) is 2. The van der Waals surface area contributed by atoms with E-state index >= 15 is 0 Å². The van der Waals surface area contributed by atoms with E-state index in [2.05, 4.69) is 20.2 Å². The molecule has 2 unspecified atom stereocenters. The quantitative estimate of drug-likeness (QED) is 0.806. The Morgan fingerprint density at radius 3 is 3.03 bits per heavy atom. The molecule has 0 saturated carbocycles. The van der Waals surface area contributed by atoms with E-state index < -0.39 is 11.7 Å². The molecule has 0 aliphatic carbocycles. The van der Waals surface area contributed by atoms with Gasteiger partial charge >= 0.3 is 0 Å². The molecule has 0 radical (unpaired) electrons. The molecular weight excluding hydrogens is 375 g/mol. The van der Waals surface area contributed by atoms with Gasteiger partial charge in [0.15, 0.2) is 0 Å². The van der Waals surface area contributed by atoms with Crippen molar-refractivity contribution in [3.8, 4) is 0 Å². The number of nitrogens with zero attached hydrogens (tertiary/aromatic N) is 4. The number of fused-ring (bicyclic) bond motifs is 1. The van der Waals surface area contributed by atoms with Crippen molar-refractivity contribution < 1.29 is 14.0 Å². The van der Waals surface area contributed by atoms with Gasteiger partial charge in [0.25, 0.3) is 0 Å². The van der Waals surface area contributed by atoms with Crippen LogP contribution in [0.25, 0.3) is 0 Å². The van der Waals surface area contributed by atoms with Crippen LogP contribution in [0.2, 0.25) is 0 Å². The number of likely N-dealkylation sites (N-methyl/N-ethyl adjacent to an activating group) is 1. The molecule has 2 atom stereocenters. The molecular formula is C20H23FN6O2. The van der Waals surface area contributed by atoms with Gasteiger partial charge < -0.3 is 16.0 Å². The van der Waals surface area contributed by atoms with Gasteiger partial charge in [-0.15, -0.1) is 0 Å². The molecule has 4 rings (SSSR count). The number of rotatable bonds is 4. The summed E-state index contributed by atoms with van der Waals surface area (Å²) in [5.74, 6) is -0.323. The number of hydrogen-bond acceptors (Lipinski definition) is 6. The van der Waals surface area contributed by atoms with Crippen LogP contribution in [0.4, 0.5) is 15.9 Å². The van der Waals surface area contributed by atoms with Crippen molar-refractivity contribution in [1.82, 2.24) is 19.8 Å². The number of likely N-dealkylation sites (tertiary alicyclic amines) is 1. The number of benzene rings is 1. The molecule has 1 aromatic carbocycles. The third-order valence-electron chi connectivity index (χ3n) is 5.57. The first kappa shape index (κ1) is 19.3. The zero-order valence-corrected chi connectivity index (χ0v) is 16.1. The fourth-order valence-corrected chi connectivity index (χ4v) is 4.02. The van der Waals surface area contributed by atoms with E-state index in [1.165, 1.54) is 12.1 Å². The Balaban J connectivity index is 1.44. The van der Waals surface area contributed by atoms with Crippen molar-refractivity contribution >= 4 is 23.3 Å². The van der Waals surface area contributed by atoms with Crippen molar-refractivity contribution in [3.63, 3.8) is 0 Å². The Bertz CT molecular complexity index is 952. The summed E-state index contributed by atoms with van der Waals surface area (Å²) < 4.78 is 13.5. The lowest BCUT2D eigenvalue weighted by Crippen LogP contribution is -2.40. The van der Waals surface area contributed by atoms with Crippen LogP contribution in [0.1, 0.15) is 30.1 Å². The summed E-state index contributed by atoms with van der Waals surface area (Å²) in [4.78, 5) is 37.5. The van der Waals surface area contributed by atoms with Crippen molar-refractivity contribution in [2.75, 3.05) is 31.2 Å². The Morgan fingerprint density at radius 1 is 1.41 bits per heavy atom. The molecule has 3 heterocycles. The van der Waals surface area contributed by atoms with Gasteiger partial charge in [0.05, 0.1) is 12.5 Å². The van der Waals surface area contributed by atoms with E-state index in [-0.39, 0.29) is 24.3 Å². The number of aromatic nitrogens is 2. The molecule has 1 aromatic heterocycles. The lowest BCUT2D eigenvalue weighted by Gasteiger charge is -2.29. The lowest BCUT2D eigenvalue weighted by molar-refractivity contribution is -0.134. The standard InChI is InChI=1S/C20H23FN6O2/c1-26(11-18-23-6-4-17(22)25-18)13-5-7-27(10-13)20(29)15-9-19(28)24-16-8-12(21)2-3-14(15)16/h2-4,6,8,13,15H,5,7,9-11H2,1H3,(H,24,28)(H2,22,23,25). The summed E-state index contributed by atoms with van der Waals surface area (Å²) in [6, 6.07) is 5.98. The van der Waals surface area contributed by atoms with Gasteiger partial charge in [-0.1, -0.05) is 6.07 Å². The van der Waals surface area contributed by atoms with Gasteiger partial charge in [0, 0.05) is 37.4 Å². The summed E-state index contributed by atoms with van der Waals surface area (Å²) in [6.45, 7) is 1.71. The third-order valence-corrected chi connectivity index (χ3v) is 5.57. The van der Waals surface area contributed by atoms with Crippen molar-refractivity contribution in [3.05, 3.63) is 47.7 Å². The molecule has 2 aromatic rings. The first-order chi connectivity index (χ1) is 13.9. The van der Waals surface area contributed by atoms with Crippen LogP contribution in [0.3, 0.4) is 0 Å². The van der Waals surface area contributed by atoms with Crippen molar-refractivity contribution in [1.29, 1.82) is 0 Å². The van der Waals surface area contributed by atoms with Crippen molar-refractivity contribution in [2.45, 2.75) is 31.3 Å². The molecule has 1 saturated heterocycles. The third kappa shape index (κ3) is 4.04. The highest BCUT2D eigenvalue weighted by molar-refractivity contribution is 6.01. The van der Waals surface area contributed by atoms with E-state index in [4.69, 9.17) is 5.73 Å². The largest absolute Gasteiger partial charge is 0.384 e. The van der Waals surface area contributed by atoms with Gasteiger partial charge in [-0.25, -0.2) is 14.4 Å². The highest BCUT2D eigenvalue weighted by atomic mass is 19.1. The molecule has 2 aliphatic heterocycles. The highest BCUT2D eigenvalue weighted by Gasteiger charge is 2.37. The van der Waals surface area contributed by atoms with E-state index in [9.17, 15) is 14.0 Å². The number of nitrogens with two attached hydrogens (primary N) is 1. The second-order valence-electron chi connectivity index (χ2n) is 7.58. The highest BCUT2D eigenvalue weighted by Crippen LogP contribution is 2.35. The van der Waals surface area contributed by atoms with Crippen LogP contribution in [0, 0.1) is 5.82 Å². The van der Waals surface area contributed by atoms with Crippen LogP contribution >= 0.6 is 0 Å². The zero-order valence-electron chi connectivity index (χ0n) is 16.1. The molecule has 2 amide bonds. The molecule has 3 N–H and O–H groups in total. The molecule has 152 valence electrons. The summed E-state index contributed by atoms with van der Waals surface area (Å²) >= 11 is 0. The number of nitrogens with one attached hydrogen (secondary N) is 1. The van der Waals surface area contributed by atoms with Crippen LogP contribution in [0.15, 0.2) is 30.5 Å². The Kier molecular flexibility index (Phi) is 5.14. The van der Waals surface area contributed by atoms with E-state index in [0.29, 0.717) is 42.5 Å². The summed E-state index contributed by atoms with van der Waals surface area (Å²) in [5, 5.41) is 2.65. The number of carbonyl (C=O) groups is 2. The normalized spacial score (nSPS) is 21.2. The van der Waals surface area contributed by atoms with Gasteiger partial charge in [0.2, 0.25) is 11.8 Å². The summed E-state index contributed by atoms with van der Waals surface area (Å²) in [6.07, 6.45) is 2.52. The van der Waals surface area contributed by atoms with Gasteiger partial charge in [0.1, 0.15) is 17.5 Å². The fourth-order valence-electron chi connectivity index (χ4n) is 4.02. The first-order valence-electron chi connectivity index (χ1n) is 9.56. The molecule has 29 heavy (non-hydrogen) atoms. The van der Waals surface area contributed by atoms with Crippen molar-refractivity contribution in [2.24, 2.45) is 0 Å². The van der Waals surface area contributed by atoms with Gasteiger partial charge in [-0.05, 0) is 37.2 Å². The minimum Gasteiger partial charge on any atom is -0.384 e. The molecule has 9 heteroatoms. The monoisotopic (exact) mass is 398 g/mol. The van der Waals surface area contributed by atoms with Crippen LogP contribution in [0.5, 0.6) is 0 Å². The maximum Gasteiger partial charge on any atom is 0.230 e. The Morgan fingerprint density at radius 2 is 2.24 bits per heavy atom. The smallest absolute Gasteiger partial charge is 0.230 e. The lowest BCUT2D eigenvalue weighted by atomic mass is 9.89. The number of halogens is 1. The van der Waals surface area contributed by atoms with Gasteiger partial charge in [-0.2, -0.15) is 0 Å². The van der Waals surface area contributed by atoms with E-state index in [1.54, 1.807) is 23.2 Å². The second-order valence-corrected chi connectivity index (χ2v) is 7.58. The minimum atomic E-state index is -0.583. The Labute approximate surface area is 167 Å². The van der Waals surface area contributed by atoms with Crippen LogP contribution in [-0.2, 0) is 16.1 Å². The topological polar surface area (TPSA) is 104 Å². The predicted octanol–water partition coefficient (Wildman–Crippen LogP) is 1.36. The predicted molar refractivity (Wildman–Crippen MR) is 105 cm³/mol. The second kappa shape index (κ2) is 7.75. The molecule has 1 fully saturated rings. The average molecular weight is 398 g/mol. The Hall–Kier alpha value is -3.07. The maximum atomic E-state index is 13.5. The molecule has 2 aliphatic rings. The van der Waals surface area contributed by atoms with Gasteiger partial charge in [-0.3, -0.25) is 14.5 Å². The number of amides is 2. The molecule has 0 bridgehead atoms. The molecule has 0 spiro atoms. The number of anilines is 2. The zero-order chi connectivity index (χ0) is 20.5. The van der Waals surface area contributed by atoms with Crippen LogP contribution < -0.4 is 11.1 Å². The molecule has 8 nitrogen and oxygen atoms in total. The number of carbonyl (C=O) groups excluding carboxylic acids is 2. The number of nitrogen functional groups attached to an aromatic ring is 1. The minimum absolute atomic E-state index is 0.0750. The maximum absolute atomic E-state index is 13.5. The van der Waals surface area contributed by atoms with E-state index in [1.807, 2.05) is 7.05 Å². The first-order valence-corrected chi connectivity index (χ1v) is 9.56. The summed E-state index contributed by atoms with van der Waals surface area (Å²) in [5.41, 5.74) is 6.76. The average Bonchev–Trinajstić information content (AvgIpc) is 3.17. The fraction of sp³-hybridized carbons (Fsp3) is 0.400. The van der Waals surface area contributed by atoms with E-state index in [0.717, 1.165) is 6.42 Å².